The van der Waals surface area contributed by atoms with Crippen molar-refractivity contribution < 1.29 is 18.3 Å². The molecule has 0 saturated heterocycles. The molecule has 0 atom stereocenters. The number of amidine groups is 1. The molecular formula is C6H8N2O4S. The third-order valence-corrected chi connectivity index (χ3v) is 2.79. The van der Waals surface area contributed by atoms with Gasteiger partial charge >= 0.3 is 5.97 Å². The molecule has 6 nitrogen and oxygen atoms in total. The molecule has 0 unspecified atom stereocenters. The lowest BCUT2D eigenvalue weighted by atomic mass is 10.4. The van der Waals surface area contributed by atoms with Crippen LogP contribution in [0.1, 0.15) is 13.3 Å². The molecule has 0 radical (unpaired) electrons. The zero-order valence-electron chi connectivity index (χ0n) is 6.81. The highest BCUT2D eigenvalue weighted by Gasteiger charge is 2.19. The van der Waals surface area contributed by atoms with Gasteiger partial charge in [-0.15, -0.1) is 4.40 Å². The van der Waals surface area contributed by atoms with Gasteiger partial charge in [0.2, 0.25) is 0 Å². The van der Waals surface area contributed by atoms with E-state index < -0.39 is 22.4 Å². The van der Waals surface area contributed by atoms with Crippen molar-refractivity contribution in [3.63, 3.8) is 0 Å². The second kappa shape index (κ2) is 3.17. The Labute approximate surface area is 75.0 Å². The van der Waals surface area contributed by atoms with Crippen molar-refractivity contribution in [1.82, 2.24) is 5.32 Å². The highest BCUT2D eigenvalue weighted by Crippen LogP contribution is 2.11. The molecule has 0 aromatic rings. The Hall–Kier alpha value is -1.37. The van der Waals surface area contributed by atoms with E-state index in [1.165, 1.54) is 13.1 Å². The number of carbonyl (C=O) groups is 1. The van der Waals surface area contributed by atoms with Crippen molar-refractivity contribution in [2.75, 3.05) is 0 Å². The van der Waals surface area contributed by atoms with E-state index in [2.05, 4.69) is 9.71 Å². The molecule has 13 heavy (non-hydrogen) atoms. The Morgan fingerprint density at radius 1 is 1.69 bits per heavy atom. The Balaban J connectivity index is 2.91. The highest BCUT2D eigenvalue weighted by molar-refractivity contribution is 7.94. The second-order valence-electron chi connectivity index (χ2n) is 2.48. The van der Waals surface area contributed by atoms with Gasteiger partial charge in [0.1, 0.15) is 12.3 Å². The van der Waals surface area contributed by atoms with Gasteiger partial charge in [0.15, 0.2) is 0 Å². The van der Waals surface area contributed by atoms with E-state index >= 15 is 0 Å². The van der Waals surface area contributed by atoms with E-state index in [9.17, 15) is 13.2 Å². The molecule has 1 aliphatic heterocycles. The van der Waals surface area contributed by atoms with Crippen LogP contribution in [-0.2, 0) is 14.8 Å². The molecular weight excluding hydrogens is 196 g/mol. The van der Waals surface area contributed by atoms with Crippen LogP contribution in [0.2, 0.25) is 0 Å². The average Bonchev–Trinajstić information content (AvgIpc) is 1.95. The van der Waals surface area contributed by atoms with Crippen LogP contribution in [0.5, 0.6) is 0 Å². The van der Waals surface area contributed by atoms with Crippen LogP contribution in [0.15, 0.2) is 15.5 Å². The van der Waals surface area contributed by atoms with Gasteiger partial charge in [-0.05, 0) is 6.92 Å². The van der Waals surface area contributed by atoms with E-state index in [1.807, 2.05) is 0 Å². The van der Waals surface area contributed by atoms with E-state index in [4.69, 9.17) is 5.11 Å². The van der Waals surface area contributed by atoms with Crippen LogP contribution in [-0.4, -0.2) is 25.3 Å². The maximum Gasteiger partial charge on any atom is 0.311 e. The van der Waals surface area contributed by atoms with Gasteiger partial charge in [-0.2, -0.15) is 8.42 Å². The number of nitrogens with zero attached hydrogens (tertiary/aromatic N) is 1. The van der Waals surface area contributed by atoms with E-state index in [-0.39, 0.29) is 10.7 Å². The number of carboxylic acids is 1. The van der Waals surface area contributed by atoms with Crippen molar-refractivity contribution >= 4 is 21.8 Å². The van der Waals surface area contributed by atoms with Crippen molar-refractivity contribution in [3.8, 4) is 0 Å². The number of hydrogen-bond donors (Lipinski definition) is 2. The topological polar surface area (TPSA) is 95.8 Å². The fraction of sp³-hybridized carbons (Fsp3) is 0.333. The molecule has 0 fully saturated rings. The van der Waals surface area contributed by atoms with E-state index in [1.54, 1.807) is 0 Å². The highest BCUT2D eigenvalue weighted by atomic mass is 32.2. The fourth-order valence-electron chi connectivity index (χ4n) is 0.729. The summed E-state index contributed by atoms with van der Waals surface area (Å²) in [5.41, 5.74) is 0. The lowest BCUT2D eigenvalue weighted by Gasteiger charge is -2.10. The molecule has 0 aromatic heterocycles. The Morgan fingerprint density at radius 2 is 2.31 bits per heavy atom. The molecule has 2 N–H and O–H groups in total. The first-order chi connectivity index (χ1) is 5.92. The Bertz CT molecular complexity index is 393. The van der Waals surface area contributed by atoms with E-state index in [0.29, 0.717) is 0 Å². The molecule has 0 aliphatic carbocycles. The molecule has 72 valence electrons. The van der Waals surface area contributed by atoms with Crippen LogP contribution >= 0.6 is 0 Å². The fourth-order valence-corrected chi connectivity index (χ4v) is 1.49. The summed E-state index contributed by atoms with van der Waals surface area (Å²) in [7, 11) is -3.63. The summed E-state index contributed by atoms with van der Waals surface area (Å²) in [4.78, 5) is 10.3. The number of allylic oxidation sites excluding steroid dienone is 1. The number of rotatable bonds is 2. The number of hydrogen-bond acceptors (Lipinski definition) is 4. The molecule has 0 aromatic carbocycles. The largest absolute Gasteiger partial charge is 0.481 e. The van der Waals surface area contributed by atoms with Gasteiger partial charge in [0.25, 0.3) is 10.0 Å². The van der Waals surface area contributed by atoms with Crippen molar-refractivity contribution in [2.45, 2.75) is 13.3 Å². The van der Waals surface area contributed by atoms with Crippen LogP contribution < -0.4 is 5.32 Å². The van der Waals surface area contributed by atoms with Gasteiger partial charge < -0.3 is 10.4 Å². The van der Waals surface area contributed by atoms with Gasteiger partial charge in [-0.25, -0.2) is 0 Å². The summed E-state index contributed by atoms with van der Waals surface area (Å²) in [5.74, 6) is -1.20. The first-order valence-corrected chi connectivity index (χ1v) is 4.85. The number of aliphatic carboxylic acids is 1. The summed E-state index contributed by atoms with van der Waals surface area (Å²) in [6.45, 7) is 1.38. The monoisotopic (exact) mass is 204 g/mol. The SMILES string of the molecule is CC1=CNC(CC(=O)O)=NS1(=O)=O. The second-order valence-corrected chi connectivity index (χ2v) is 4.26. The average molecular weight is 204 g/mol. The van der Waals surface area contributed by atoms with Crippen molar-refractivity contribution in [3.05, 3.63) is 11.1 Å². The standard InChI is InChI=1S/C6H8N2O4S/c1-4-3-7-5(2-6(9)10)8-13(4,11)12/h3H,2H2,1H3,(H,7,8)(H,9,10). The summed E-state index contributed by atoms with van der Waals surface area (Å²) in [6.07, 6.45) is 0.795. The maximum absolute atomic E-state index is 11.1. The zero-order chi connectivity index (χ0) is 10.1. The minimum absolute atomic E-state index is 0.0710. The van der Waals surface area contributed by atoms with Crippen LogP contribution in [0.3, 0.4) is 0 Å². The van der Waals surface area contributed by atoms with Crippen molar-refractivity contribution in [1.29, 1.82) is 0 Å². The molecule has 1 heterocycles. The Kier molecular flexibility index (Phi) is 2.37. The minimum Gasteiger partial charge on any atom is -0.481 e. The van der Waals surface area contributed by atoms with Gasteiger partial charge in [-0.3, -0.25) is 4.79 Å². The number of nitrogens with one attached hydrogen (secondary N) is 1. The summed E-state index contributed by atoms with van der Waals surface area (Å²) >= 11 is 0. The van der Waals surface area contributed by atoms with Gasteiger partial charge in [0.05, 0.1) is 4.91 Å². The summed E-state index contributed by atoms with van der Waals surface area (Å²) in [6, 6.07) is 0. The molecule has 0 spiro atoms. The normalized spacial score (nSPS) is 19.8. The maximum atomic E-state index is 11.1. The lowest BCUT2D eigenvalue weighted by Crippen LogP contribution is -2.27. The van der Waals surface area contributed by atoms with Gasteiger partial charge in [-0.1, -0.05) is 0 Å². The molecule has 0 bridgehead atoms. The predicted molar refractivity (Wildman–Crippen MR) is 45.5 cm³/mol. The first-order valence-electron chi connectivity index (χ1n) is 3.41. The van der Waals surface area contributed by atoms with Gasteiger partial charge in [0, 0.05) is 6.20 Å². The quantitative estimate of drug-likeness (QED) is 0.641. The van der Waals surface area contributed by atoms with Crippen LogP contribution in [0, 0.1) is 0 Å². The molecule has 0 saturated carbocycles. The molecule has 0 amide bonds. The van der Waals surface area contributed by atoms with Crippen molar-refractivity contribution in [2.24, 2.45) is 4.40 Å². The van der Waals surface area contributed by atoms with E-state index in [0.717, 1.165) is 0 Å². The smallest absolute Gasteiger partial charge is 0.311 e. The Morgan fingerprint density at radius 3 is 2.77 bits per heavy atom. The summed E-state index contributed by atoms with van der Waals surface area (Å²) in [5, 5.41) is 10.8. The molecule has 7 heteroatoms. The molecule has 1 aliphatic rings. The number of sulfonamides is 1. The third-order valence-electron chi connectivity index (χ3n) is 1.40. The number of carboxylic acid groups (broad SMARTS) is 1. The third kappa shape index (κ3) is 2.28. The lowest BCUT2D eigenvalue weighted by molar-refractivity contribution is -0.135. The molecule has 1 rings (SSSR count). The van der Waals surface area contributed by atoms with Crippen LogP contribution in [0.4, 0.5) is 0 Å². The predicted octanol–water partition coefficient (Wildman–Crippen LogP) is -0.346. The first kappa shape index (κ1) is 9.72. The zero-order valence-corrected chi connectivity index (χ0v) is 7.63. The summed E-state index contributed by atoms with van der Waals surface area (Å²) < 4.78 is 25.4. The van der Waals surface area contributed by atoms with Crippen LogP contribution in [0.25, 0.3) is 0 Å². The minimum atomic E-state index is -3.63.